The van der Waals surface area contributed by atoms with Gasteiger partial charge in [0.05, 0.1) is 11.4 Å². The molecule has 0 fully saturated rings. The van der Waals surface area contributed by atoms with Crippen molar-refractivity contribution >= 4 is 29.1 Å². The lowest BCUT2D eigenvalue weighted by Gasteiger charge is -2.27. The molecule has 0 unspecified atom stereocenters. The number of halogens is 1. The van der Waals surface area contributed by atoms with E-state index in [2.05, 4.69) is 4.90 Å². The first-order valence-corrected chi connectivity index (χ1v) is 11.7. The van der Waals surface area contributed by atoms with Crippen molar-refractivity contribution in [2.45, 2.75) is 26.3 Å². The van der Waals surface area contributed by atoms with Crippen molar-refractivity contribution < 1.29 is 19.1 Å². The Balaban J connectivity index is 1.60. The van der Waals surface area contributed by atoms with E-state index >= 15 is 0 Å². The molecule has 2 aromatic carbocycles. The van der Waals surface area contributed by atoms with E-state index in [1.54, 1.807) is 13.0 Å². The Kier molecular flexibility index (Phi) is 7.40. The first kappa shape index (κ1) is 23.4. The van der Waals surface area contributed by atoms with Gasteiger partial charge in [0.2, 0.25) is 11.8 Å². The number of hydrogen-bond donors (Lipinski definition) is 0. The number of anilines is 1. The Hall–Kier alpha value is -2.77. The fourth-order valence-corrected chi connectivity index (χ4v) is 4.60. The first-order chi connectivity index (χ1) is 15.9. The second kappa shape index (κ2) is 10.4. The van der Waals surface area contributed by atoms with Crippen LogP contribution in [0.4, 0.5) is 5.69 Å². The molecule has 0 bridgehead atoms. The van der Waals surface area contributed by atoms with Gasteiger partial charge < -0.3 is 24.2 Å². The van der Waals surface area contributed by atoms with Crippen molar-refractivity contribution in [2.24, 2.45) is 0 Å². The van der Waals surface area contributed by atoms with Gasteiger partial charge in [0, 0.05) is 38.8 Å². The third kappa shape index (κ3) is 5.60. The molecule has 176 valence electrons. The zero-order valence-electron chi connectivity index (χ0n) is 19.2. The van der Waals surface area contributed by atoms with E-state index in [1.807, 2.05) is 47.2 Å². The minimum absolute atomic E-state index is 0.000399. The summed E-state index contributed by atoms with van der Waals surface area (Å²) in [5.41, 5.74) is 2.62. The molecule has 0 aliphatic carbocycles. The number of hydrogen-bond acceptors (Lipinski definition) is 5. The number of ether oxygens (including phenoxy) is 2. The Morgan fingerprint density at radius 2 is 1.82 bits per heavy atom. The number of fused-ring (bicyclic) bond motifs is 2. The Morgan fingerprint density at radius 3 is 2.64 bits per heavy atom. The summed E-state index contributed by atoms with van der Waals surface area (Å²) < 4.78 is 11.3. The smallest absolute Gasteiger partial charge is 0.227 e. The number of rotatable bonds is 2. The Bertz CT molecular complexity index is 1030. The highest BCUT2D eigenvalue weighted by Crippen LogP contribution is 2.38. The molecule has 2 heterocycles. The van der Waals surface area contributed by atoms with Gasteiger partial charge in [0.1, 0.15) is 13.2 Å². The van der Waals surface area contributed by atoms with Crippen LogP contribution in [-0.2, 0) is 22.6 Å². The van der Waals surface area contributed by atoms with E-state index < -0.39 is 0 Å². The van der Waals surface area contributed by atoms with Crippen molar-refractivity contribution in [3.63, 3.8) is 0 Å². The van der Waals surface area contributed by atoms with E-state index in [0.717, 1.165) is 36.3 Å². The summed E-state index contributed by atoms with van der Waals surface area (Å²) in [6.45, 7) is 5.81. The van der Waals surface area contributed by atoms with E-state index in [1.165, 1.54) is 0 Å². The van der Waals surface area contributed by atoms with Gasteiger partial charge in [-0.05, 0) is 49.3 Å². The number of amides is 2. The molecule has 0 saturated heterocycles. The summed E-state index contributed by atoms with van der Waals surface area (Å²) in [5.74, 6) is 1.12. The van der Waals surface area contributed by atoms with Gasteiger partial charge >= 0.3 is 0 Å². The van der Waals surface area contributed by atoms with E-state index in [4.69, 9.17) is 21.1 Å². The van der Waals surface area contributed by atoms with Crippen LogP contribution in [0.3, 0.4) is 0 Å². The average Bonchev–Trinajstić information content (AvgIpc) is 2.82. The molecular weight excluding hydrogens is 442 g/mol. The van der Waals surface area contributed by atoms with Crippen molar-refractivity contribution in [1.29, 1.82) is 0 Å². The van der Waals surface area contributed by atoms with Gasteiger partial charge in [0.15, 0.2) is 11.5 Å². The maximum Gasteiger partial charge on any atom is 0.227 e. The summed E-state index contributed by atoms with van der Waals surface area (Å²) in [5, 5.41) is 0.453. The molecule has 2 aromatic rings. The van der Waals surface area contributed by atoms with Crippen LogP contribution >= 0.6 is 11.6 Å². The minimum Gasteiger partial charge on any atom is -0.486 e. The van der Waals surface area contributed by atoms with Crippen LogP contribution in [0.5, 0.6) is 11.5 Å². The summed E-state index contributed by atoms with van der Waals surface area (Å²) in [7, 11) is 2.05. The standard InChI is InChI=1S/C25H30ClN3O4/c1-18(30)29-9-5-8-27(2)10-11-28(17-20-6-3-4-7-22(20)29)24(31)16-19-14-21(26)25-23(15-19)32-12-13-33-25/h3-4,6-7,14-15H,5,8-13,16-17H2,1-2H3. The van der Waals surface area contributed by atoms with Crippen LogP contribution in [0.1, 0.15) is 24.5 Å². The molecule has 0 radical (unpaired) electrons. The van der Waals surface area contributed by atoms with Crippen molar-refractivity contribution in [3.05, 3.63) is 52.5 Å². The van der Waals surface area contributed by atoms with Crippen LogP contribution in [0, 0.1) is 0 Å². The number of carbonyl (C=O) groups excluding carboxylic acids is 2. The Labute approximate surface area is 199 Å². The number of carbonyl (C=O) groups is 2. The lowest BCUT2D eigenvalue weighted by molar-refractivity contribution is -0.131. The summed E-state index contributed by atoms with van der Waals surface area (Å²) in [6, 6.07) is 11.4. The zero-order valence-corrected chi connectivity index (χ0v) is 19.9. The van der Waals surface area contributed by atoms with Crippen molar-refractivity contribution in [3.8, 4) is 11.5 Å². The van der Waals surface area contributed by atoms with E-state index in [0.29, 0.717) is 49.4 Å². The summed E-state index contributed by atoms with van der Waals surface area (Å²) in [6.07, 6.45) is 1.08. The zero-order chi connectivity index (χ0) is 23.4. The molecule has 2 aliphatic heterocycles. The summed E-state index contributed by atoms with van der Waals surface area (Å²) in [4.78, 5) is 31.7. The van der Waals surface area contributed by atoms with Crippen molar-refractivity contribution in [2.75, 3.05) is 51.3 Å². The largest absolute Gasteiger partial charge is 0.486 e. The van der Waals surface area contributed by atoms with Gasteiger partial charge in [-0.25, -0.2) is 0 Å². The summed E-state index contributed by atoms with van der Waals surface area (Å²) >= 11 is 6.38. The third-order valence-electron chi connectivity index (χ3n) is 6.06. The number of nitrogens with zero attached hydrogens (tertiary/aromatic N) is 3. The number of para-hydroxylation sites is 1. The predicted molar refractivity (Wildman–Crippen MR) is 128 cm³/mol. The van der Waals surface area contributed by atoms with Crippen molar-refractivity contribution in [1.82, 2.24) is 9.80 Å². The highest BCUT2D eigenvalue weighted by Gasteiger charge is 2.23. The third-order valence-corrected chi connectivity index (χ3v) is 6.34. The van der Waals surface area contributed by atoms with Crippen LogP contribution in [0.25, 0.3) is 0 Å². The fourth-order valence-electron chi connectivity index (χ4n) is 4.31. The quantitative estimate of drug-likeness (QED) is 0.672. The molecule has 2 aliphatic rings. The second-order valence-electron chi connectivity index (χ2n) is 8.55. The molecule has 0 aromatic heterocycles. The maximum absolute atomic E-state index is 13.4. The maximum atomic E-state index is 13.4. The van der Waals surface area contributed by atoms with Gasteiger partial charge in [-0.2, -0.15) is 0 Å². The topological polar surface area (TPSA) is 62.3 Å². The molecule has 4 rings (SSSR count). The number of benzene rings is 2. The molecule has 0 spiro atoms. The highest BCUT2D eigenvalue weighted by molar-refractivity contribution is 6.32. The molecule has 0 atom stereocenters. The minimum atomic E-state index is -0.000399. The van der Waals surface area contributed by atoms with Gasteiger partial charge in [0.25, 0.3) is 0 Å². The molecular formula is C25H30ClN3O4. The van der Waals surface area contributed by atoms with Crippen LogP contribution in [0.2, 0.25) is 5.02 Å². The number of likely N-dealkylation sites (N-methyl/N-ethyl adjacent to an activating group) is 1. The lowest BCUT2D eigenvalue weighted by Crippen LogP contribution is -2.38. The normalized spacial score (nSPS) is 17.2. The lowest BCUT2D eigenvalue weighted by atomic mass is 10.1. The van der Waals surface area contributed by atoms with E-state index in [9.17, 15) is 9.59 Å². The Morgan fingerprint density at radius 1 is 1.03 bits per heavy atom. The van der Waals surface area contributed by atoms with Gasteiger partial charge in [-0.3, -0.25) is 9.59 Å². The first-order valence-electron chi connectivity index (χ1n) is 11.3. The highest BCUT2D eigenvalue weighted by atomic mass is 35.5. The molecule has 8 heteroatoms. The average molecular weight is 472 g/mol. The van der Waals surface area contributed by atoms with Crippen LogP contribution in [0.15, 0.2) is 36.4 Å². The van der Waals surface area contributed by atoms with Gasteiger partial charge in [-0.1, -0.05) is 29.8 Å². The van der Waals surface area contributed by atoms with Gasteiger partial charge in [-0.15, -0.1) is 0 Å². The monoisotopic (exact) mass is 471 g/mol. The molecule has 7 nitrogen and oxygen atoms in total. The second-order valence-corrected chi connectivity index (χ2v) is 8.96. The van der Waals surface area contributed by atoms with E-state index in [-0.39, 0.29) is 18.2 Å². The van der Waals surface area contributed by atoms with Crippen LogP contribution in [-0.4, -0.2) is 68.1 Å². The van der Waals surface area contributed by atoms with Crippen LogP contribution < -0.4 is 14.4 Å². The fraction of sp³-hybridized carbons (Fsp3) is 0.440. The SMILES string of the molecule is CC(=O)N1CCCN(C)CCN(C(=O)Cc2cc(Cl)c3c(c2)OCCO3)Cc2ccccc21. The molecule has 2 amide bonds. The predicted octanol–water partition coefficient (Wildman–Crippen LogP) is 3.37. The molecule has 33 heavy (non-hydrogen) atoms. The molecule has 0 saturated carbocycles. The molecule has 0 N–H and O–H groups in total.